The summed E-state index contributed by atoms with van der Waals surface area (Å²) in [6, 6.07) is 8.07. The molecule has 1 unspecified atom stereocenters. The van der Waals surface area contributed by atoms with E-state index in [1.165, 1.54) is 18.6 Å². The van der Waals surface area contributed by atoms with Crippen molar-refractivity contribution in [2.24, 2.45) is 4.99 Å². The van der Waals surface area contributed by atoms with Gasteiger partial charge in [-0.05, 0) is 43.2 Å². The maximum atomic E-state index is 5.65. The SMILES string of the molecule is CCNC(=NCc1cccc(OCCOC)c1)NCC1CCCS1. The summed E-state index contributed by atoms with van der Waals surface area (Å²) >= 11 is 2.06. The van der Waals surface area contributed by atoms with Crippen LogP contribution in [0.2, 0.25) is 0 Å². The Morgan fingerprint density at radius 1 is 1.33 bits per heavy atom. The predicted molar refractivity (Wildman–Crippen MR) is 102 cm³/mol. The summed E-state index contributed by atoms with van der Waals surface area (Å²) in [7, 11) is 1.67. The summed E-state index contributed by atoms with van der Waals surface area (Å²) in [6.45, 7) is 5.73. The van der Waals surface area contributed by atoms with Crippen LogP contribution in [0, 0.1) is 0 Å². The fourth-order valence-electron chi connectivity index (χ4n) is 2.50. The van der Waals surface area contributed by atoms with E-state index < -0.39 is 0 Å². The van der Waals surface area contributed by atoms with Crippen LogP contribution in [0.4, 0.5) is 0 Å². The minimum Gasteiger partial charge on any atom is -0.491 e. The third kappa shape index (κ3) is 7.01. The number of nitrogens with zero attached hydrogens (tertiary/aromatic N) is 1. The van der Waals surface area contributed by atoms with Gasteiger partial charge >= 0.3 is 0 Å². The molecule has 5 nitrogen and oxygen atoms in total. The number of rotatable bonds is 9. The van der Waals surface area contributed by atoms with Crippen molar-refractivity contribution in [3.8, 4) is 5.75 Å². The largest absolute Gasteiger partial charge is 0.491 e. The van der Waals surface area contributed by atoms with Crippen LogP contribution in [-0.4, -0.2) is 50.4 Å². The smallest absolute Gasteiger partial charge is 0.191 e. The van der Waals surface area contributed by atoms with Gasteiger partial charge in [0.2, 0.25) is 0 Å². The summed E-state index contributed by atoms with van der Waals surface area (Å²) in [4.78, 5) is 4.69. The number of thioether (sulfide) groups is 1. The van der Waals surface area contributed by atoms with Crippen molar-refractivity contribution in [3.63, 3.8) is 0 Å². The van der Waals surface area contributed by atoms with E-state index in [0.29, 0.717) is 25.0 Å². The first kappa shape index (κ1) is 18.9. The van der Waals surface area contributed by atoms with E-state index in [0.717, 1.165) is 30.4 Å². The Balaban J connectivity index is 1.85. The highest BCUT2D eigenvalue weighted by atomic mass is 32.2. The van der Waals surface area contributed by atoms with Crippen molar-refractivity contribution >= 4 is 17.7 Å². The minimum atomic E-state index is 0.562. The Morgan fingerprint density at radius 2 is 2.25 bits per heavy atom. The predicted octanol–water partition coefficient (Wildman–Crippen LogP) is 2.66. The molecule has 1 aliphatic rings. The number of nitrogens with one attached hydrogen (secondary N) is 2. The zero-order valence-electron chi connectivity index (χ0n) is 14.7. The Bertz CT molecular complexity index is 505. The van der Waals surface area contributed by atoms with Crippen LogP contribution < -0.4 is 15.4 Å². The van der Waals surface area contributed by atoms with Crippen molar-refractivity contribution < 1.29 is 9.47 Å². The fourth-order valence-corrected chi connectivity index (χ4v) is 3.71. The van der Waals surface area contributed by atoms with E-state index in [1.54, 1.807) is 7.11 Å². The molecule has 0 aliphatic carbocycles. The highest BCUT2D eigenvalue weighted by Crippen LogP contribution is 2.25. The molecule has 0 saturated carbocycles. The molecule has 0 bridgehead atoms. The Kier molecular flexibility index (Phi) is 8.84. The highest BCUT2D eigenvalue weighted by molar-refractivity contribution is 8.00. The van der Waals surface area contributed by atoms with Gasteiger partial charge in [-0.3, -0.25) is 0 Å². The molecule has 0 aromatic heterocycles. The van der Waals surface area contributed by atoms with Crippen LogP contribution in [0.3, 0.4) is 0 Å². The average Bonchev–Trinajstić information content (AvgIpc) is 3.11. The number of hydrogen-bond acceptors (Lipinski definition) is 4. The van der Waals surface area contributed by atoms with E-state index >= 15 is 0 Å². The molecule has 2 rings (SSSR count). The molecule has 1 aromatic rings. The van der Waals surface area contributed by atoms with Gasteiger partial charge in [0.15, 0.2) is 5.96 Å². The minimum absolute atomic E-state index is 0.562. The van der Waals surface area contributed by atoms with Crippen molar-refractivity contribution in [1.82, 2.24) is 10.6 Å². The van der Waals surface area contributed by atoms with E-state index in [4.69, 9.17) is 9.47 Å². The molecular weight excluding hydrogens is 322 g/mol. The van der Waals surface area contributed by atoms with Gasteiger partial charge in [-0.1, -0.05) is 12.1 Å². The van der Waals surface area contributed by atoms with E-state index in [2.05, 4.69) is 40.4 Å². The molecule has 0 amide bonds. The van der Waals surface area contributed by atoms with E-state index in [9.17, 15) is 0 Å². The van der Waals surface area contributed by atoms with Gasteiger partial charge in [0.1, 0.15) is 12.4 Å². The molecule has 1 fully saturated rings. The van der Waals surface area contributed by atoms with Crippen LogP contribution in [0.5, 0.6) is 5.75 Å². The number of hydrogen-bond donors (Lipinski definition) is 2. The maximum absolute atomic E-state index is 5.65. The van der Waals surface area contributed by atoms with Gasteiger partial charge < -0.3 is 20.1 Å². The maximum Gasteiger partial charge on any atom is 0.191 e. The van der Waals surface area contributed by atoms with Crippen molar-refractivity contribution in [1.29, 1.82) is 0 Å². The second kappa shape index (κ2) is 11.2. The second-order valence-electron chi connectivity index (χ2n) is 5.70. The molecule has 6 heteroatoms. The number of aliphatic imine (C=N–C) groups is 1. The molecule has 1 heterocycles. The first-order valence-corrected chi connectivity index (χ1v) is 9.71. The Hall–Kier alpha value is -1.40. The van der Waals surface area contributed by atoms with Gasteiger partial charge in [0.25, 0.3) is 0 Å². The summed E-state index contributed by atoms with van der Waals surface area (Å²) in [6.07, 6.45) is 2.64. The number of ether oxygens (including phenoxy) is 2. The number of methoxy groups -OCH3 is 1. The third-order valence-electron chi connectivity index (χ3n) is 3.74. The lowest BCUT2D eigenvalue weighted by Crippen LogP contribution is -2.40. The number of benzene rings is 1. The molecule has 1 atom stereocenters. The topological polar surface area (TPSA) is 54.9 Å². The first-order valence-electron chi connectivity index (χ1n) is 8.66. The average molecular weight is 352 g/mol. The van der Waals surface area contributed by atoms with Crippen LogP contribution in [0.1, 0.15) is 25.3 Å². The third-order valence-corrected chi connectivity index (χ3v) is 5.14. The molecule has 24 heavy (non-hydrogen) atoms. The van der Waals surface area contributed by atoms with Gasteiger partial charge in [0, 0.05) is 25.4 Å². The Labute approximate surface area is 149 Å². The quantitative estimate of drug-likeness (QED) is 0.407. The molecule has 1 saturated heterocycles. The zero-order valence-corrected chi connectivity index (χ0v) is 15.5. The van der Waals surface area contributed by atoms with Gasteiger partial charge in [0.05, 0.1) is 13.2 Å². The lowest BCUT2D eigenvalue weighted by Gasteiger charge is -2.14. The summed E-state index contributed by atoms with van der Waals surface area (Å²) in [5, 5.41) is 7.49. The van der Waals surface area contributed by atoms with Crippen molar-refractivity contribution in [2.75, 3.05) is 39.2 Å². The van der Waals surface area contributed by atoms with E-state index in [-0.39, 0.29) is 0 Å². The monoisotopic (exact) mass is 351 g/mol. The first-order chi connectivity index (χ1) is 11.8. The lowest BCUT2D eigenvalue weighted by atomic mass is 10.2. The van der Waals surface area contributed by atoms with Crippen LogP contribution in [-0.2, 0) is 11.3 Å². The van der Waals surface area contributed by atoms with Crippen LogP contribution in [0.25, 0.3) is 0 Å². The summed E-state index contributed by atoms with van der Waals surface area (Å²) in [5.74, 6) is 3.03. The number of guanidine groups is 1. The van der Waals surface area contributed by atoms with Crippen LogP contribution in [0.15, 0.2) is 29.3 Å². The van der Waals surface area contributed by atoms with Gasteiger partial charge in [-0.15, -0.1) is 0 Å². The molecular formula is C18H29N3O2S. The second-order valence-corrected chi connectivity index (χ2v) is 7.11. The standard InChI is InChI=1S/C18H29N3O2S/c1-3-19-18(21-14-17-8-5-11-24-17)20-13-15-6-4-7-16(12-15)23-10-9-22-2/h4,6-7,12,17H,3,5,8-11,13-14H2,1-2H3,(H2,19,20,21). The summed E-state index contributed by atoms with van der Waals surface area (Å²) in [5.41, 5.74) is 1.14. The molecule has 1 aromatic carbocycles. The fraction of sp³-hybridized carbons (Fsp3) is 0.611. The summed E-state index contributed by atoms with van der Waals surface area (Å²) < 4.78 is 10.7. The van der Waals surface area contributed by atoms with Gasteiger partial charge in [-0.25, -0.2) is 4.99 Å². The lowest BCUT2D eigenvalue weighted by molar-refractivity contribution is 0.146. The molecule has 0 radical (unpaired) electrons. The van der Waals surface area contributed by atoms with E-state index in [1.807, 2.05) is 18.2 Å². The molecule has 2 N–H and O–H groups in total. The highest BCUT2D eigenvalue weighted by Gasteiger charge is 2.15. The normalized spacial score (nSPS) is 17.8. The van der Waals surface area contributed by atoms with Crippen molar-refractivity contribution in [3.05, 3.63) is 29.8 Å². The van der Waals surface area contributed by atoms with Crippen LogP contribution >= 0.6 is 11.8 Å². The molecule has 134 valence electrons. The Morgan fingerprint density at radius 3 is 3.00 bits per heavy atom. The van der Waals surface area contributed by atoms with Crippen molar-refractivity contribution in [2.45, 2.75) is 31.6 Å². The van der Waals surface area contributed by atoms with Gasteiger partial charge in [-0.2, -0.15) is 11.8 Å². The molecule has 1 aliphatic heterocycles. The molecule has 0 spiro atoms. The zero-order chi connectivity index (χ0) is 17.0.